The van der Waals surface area contributed by atoms with Gasteiger partial charge >= 0.3 is 24.8 Å². The first-order chi connectivity index (χ1) is 11.2. The van der Waals surface area contributed by atoms with Crippen LogP contribution < -0.4 is 18.9 Å². The minimum absolute atomic E-state index is 0.634. The minimum atomic E-state index is 0.634. The molecular formula is C12H11BBr2NO4S3. The fourth-order valence-electron chi connectivity index (χ4n) is 1.67. The Morgan fingerprint density at radius 3 is 1.74 bits per heavy atom. The average Bonchev–Trinajstić information content (AvgIpc) is 3.15. The van der Waals surface area contributed by atoms with Crippen LogP contribution in [0.25, 0.3) is 0 Å². The molecule has 4 rings (SSSR count). The normalized spacial score (nSPS) is 13.8. The number of thiophene rings is 2. The summed E-state index contributed by atoms with van der Waals surface area (Å²) in [6.07, 6.45) is 0. The van der Waals surface area contributed by atoms with Crippen LogP contribution in [0.4, 0.5) is 0 Å². The summed E-state index contributed by atoms with van der Waals surface area (Å²) in [7, 11) is 4.34. The molecule has 0 saturated heterocycles. The van der Waals surface area contributed by atoms with Crippen molar-refractivity contribution in [1.29, 1.82) is 0 Å². The predicted octanol–water partition coefficient (Wildman–Crippen LogP) is 4.75. The van der Waals surface area contributed by atoms with Crippen LogP contribution in [0.1, 0.15) is 0 Å². The van der Waals surface area contributed by atoms with Crippen LogP contribution in [0.15, 0.2) is 22.6 Å². The van der Waals surface area contributed by atoms with Gasteiger partial charge in [0.2, 0.25) is 0 Å². The number of thiol groups is 1. The van der Waals surface area contributed by atoms with Gasteiger partial charge in [-0.05, 0) is 31.9 Å². The zero-order chi connectivity index (χ0) is 16.7. The van der Waals surface area contributed by atoms with Crippen LogP contribution >= 0.6 is 67.3 Å². The molecule has 0 N–H and O–H groups in total. The van der Waals surface area contributed by atoms with Crippen molar-refractivity contribution >= 4 is 75.0 Å². The largest absolute Gasteiger partial charge is 0.485 e. The number of halogens is 2. The quantitative estimate of drug-likeness (QED) is 0.420. The van der Waals surface area contributed by atoms with Crippen molar-refractivity contribution in [1.82, 2.24) is 0 Å². The summed E-state index contributed by atoms with van der Waals surface area (Å²) in [4.78, 5) is 0. The van der Waals surface area contributed by atoms with Gasteiger partial charge in [0.05, 0.1) is 0 Å². The van der Waals surface area contributed by atoms with Gasteiger partial charge in [0, 0.05) is 10.8 Å². The molecule has 4 heterocycles. The molecule has 1 radical (unpaired) electrons. The molecule has 0 atom stereocenters. The van der Waals surface area contributed by atoms with E-state index in [9.17, 15) is 0 Å². The monoisotopic (exact) mass is 498 g/mol. The third-order valence-electron chi connectivity index (χ3n) is 2.51. The van der Waals surface area contributed by atoms with Gasteiger partial charge in [-0.3, -0.25) is 0 Å². The van der Waals surface area contributed by atoms with Crippen LogP contribution in [-0.2, 0) is 0 Å². The van der Waals surface area contributed by atoms with Gasteiger partial charge in [0.25, 0.3) is 0 Å². The molecular weight excluding hydrogens is 489 g/mol. The molecule has 23 heavy (non-hydrogen) atoms. The van der Waals surface area contributed by atoms with E-state index in [1.807, 2.05) is 10.8 Å². The van der Waals surface area contributed by atoms with E-state index < -0.39 is 0 Å². The zero-order valence-corrected chi connectivity index (χ0v) is 17.4. The van der Waals surface area contributed by atoms with E-state index in [0.29, 0.717) is 26.4 Å². The summed E-state index contributed by atoms with van der Waals surface area (Å²) >= 11 is 13.1. The second kappa shape index (κ2) is 9.92. The van der Waals surface area contributed by atoms with E-state index in [-0.39, 0.29) is 0 Å². The Balaban J connectivity index is 0.000000145. The molecule has 0 amide bonds. The Morgan fingerprint density at radius 1 is 0.913 bits per heavy atom. The maximum Gasteiger partial charge on any atom is 0.172 e. The zero-order valence-electron chi connectivity index (χ0n) is 11.7. The van der Waals surface area contributed by atoms with Gasteiger partial charge < -0.3 is 18.9 Å². The molecule has 0 aliphatic carbocycles. The number of hydrogen-bond acceptors (Lipinski definition) is 8. The summed E-state index contributed by atoms with van der Waals surface area (Å²) in [6.45, 7) is 2.64. The molecule has 0 bridgehead atoms. The Kier molecular flexibility index (Phi) is 8.24. The SMILES string of the molecule is Brc1sc(Br)c2c1OCCO2.[B]=NS.c1scc2c1OCCO2. The fraction of sp³-hybridized carbons (Fsp3) is 0.333. The summed E-state index contributed by atoms with van der Waals surface area (Å²) < 4.78 is 25.9. The van der Waals surface area contributed by atoms with Gasteiger partial charge in [-0.15, -0.1) is 22.7 Å². The molecule has 2 aliphatic heterocycles. The summed E-state index contributed by atoms with van der Waals surface area (Å²) in [5.74, 6) is 3.44. The molecule has 2 aromatic rings. The van der Waals surface area contributed by atoms with Crippen molar-refractivity contribution in [3.8, 4) is 23.0 Å². The maximum absolute atomic E-state index is 5.38. The van der Waals surface area contributed by atoms with E-state index in [1.54, 1.807) is 22.7 Å². The van der Waals surface area contributed by atoms with Crippen LogP contribution in [0, 0.1) is 0 Å². The fourth-order valence-corrected chi connectivity index (χ4v) is 5.21. The van der Waals surface area contributed by atoms with E-state index in [1.165, 1.54) is 0 Å². The van der Waals surface area contributed by atoms with Crippen LogP contribution in [0.2, 0.25) is 0 Å². The molecule has 0 fully saturated rings. The topological polar surface area (TPSA) is 49.3 Å². The maximum atomic E-state index is 5.38. The van der Waals surface area contributed by atoms with E-state index in [2.05, 4.69) is 56.6 Å². The first-order valence-corrected chi connectivity index (χ1v) is 10.0. The average molecular weight is 500 g/mol. The number of rotatable bonds is 0. The minimum Gasteiger partial charge on any atom is -0.485 e. The van der Waals surface area contributed by atoms with E-state index in [4.69, 9.17) is 18.9 Å². The van der Waals surface area contributed by atoms with Crippen molar-refractivity contribution in [3.05, 3.63) is 18.3 Å². The third kappa shape index (κ3) is 5.38. The molecule has 0 unspecified atom stereocenters. The number of nitrogens with zero attached hydrogens (tertiary/aromatic N) is 1. The molecule has 2 aromatic heterocycles. The van der Waals surface area contributed by atoms with Crippen LogP contribution in [0.5, 0.6) is 23.0 Å². The number of ether oxygens (including phenoxy) is 4. The summed E-state index contributed by atoms with van der Waals surface area (Å²) in [5.41, 5.74) is 0. The summed E-state index contributed by atoms with van der Waals surface area (Å²) in [5, 5.41) is 3.91. The van der Waals surface area contributed by atoms with Gasteiger partial charge in [-0.1, -0.05) is 0 Å². The number of fused-ring (bicyclic) bond motifs is 2. The molecule has 0 aromatic carbocycles. The van der Waals surface area contributed by atoms with Crippen LogP contribution in [-0.4, -0.2) is 34.1 Å². The van der Waals surface area contributed by atoms with E-state index in [0.717, 1.165) is 30.6 Å². The standard InChI is InChI=1S/C6H4Br2O2S.C6H6O2S.BHNS/c7-5-3-4(6(8)11-5)10-2-1-9-3;1-2-8-6-4-9-3-5(6)7-1;1-2-3/h1-2H2;3-4H,1-2H2;3H. The molecule has 2 aliphatic rings. The first kappa shape index (κ1) is 19.1. The second-order valence-electron chi connectivity index (χ2n) is 3.92. The Hall–Kier alpha value is -0.225. The van der Waals surface area contributed by atoms with Crippen molar-refractivity contribution in [2.75, 3.05) is 26.4 Å². The Bertz CT molecular complexity index is 605. The van der Waals surface area contributed by atoms with Crippen molar-refractivity contribution in [2.45, 2.75) is 0 Å². The second-order valence-corrected chi connectivity index (χ2v) is 8.55. The molecule has 123 valence electrons. The van der Waals surface area contributed by atoms with E-state index >= 15 is 0 Å². The molecule has 5 nitrogen and oxygen atoms in total. The molecule has 0 saturated carbocycles. The van der Waals surface area contributed by atoms with Crippen molar-refractivity contribution in [2.24, 2.45) is 4.30 Å². The van der Waals surface area contributed by atoms with Gasteiger partial charge in [0.1, 0.15) is 34.0 Å². The molecule has 0 spiro atoms. The summed E-state index contributed by atoms with van der Waals surface area (Å²) in [6, 6.07) is 0. The van der Waals surface area contributed by atoms with Crippen molar-refractivity contribution < 1.29 is 18.9 Å². The van der Waals surface area contributed by atoms with Gasteiger partial charge in [-0.2, -0.15) is 0 Å². The Labute approximate surface area is 165 Å². The Morgan fingerprint density at radius 2 is 1.30 bits per heavy atom. The first-order valence-electron chi connectivity index (χ1n) is 6.26. The number of hydrogen-bond donors (Lipinski definition) is 1. The third-order valence-corrected chi connectivity index (χ3v) is 5.63. The smallest absolute Gasteiger partial charge is 0.172 e. The van der Waals surface area contributed by atoms with Crippen LogP contribution in [0.3, 0.4) is 0 Å². The predicted molar refractivity (Wildman–Crippen MR) is 103 cm³/mol. The van der Waals surface area contributed by atoms with Gasteiger partial charge in [-0.25, -0.2) is 0 Å². The molecule has 11 heteroatoms. The van der Waals surface area contributed by atoms with Gasteiger partial charge in [0.15, 0.2) is 23.0 Å². The van der Waals surface area contributed by atoms with Crippen molar-refractivity contribution in [3.63, 3.8) is 0 Å².